The largest absolute Gasteiger partial charge is 0.453 e. The maximum absolute atomic E-state index is 11.3. The van der Waals surface area contributed by atoms with Crippen LogP contribution < -0.4 is 5.32 Å². The molecule has 0 aliphatic carbocycles. The lowest BCUT2D eigenvalue weighted by Gasteiger charge is -2.13. The minimum atomic E-state index is -4.96. The first kappa shape index (κ1) is 27.2. The Balaban J connectivity index is 2.26. The lowest BCUT2D eigenvalue weighted by Crippen LogP contribution is -2.23. The zero-order chi connectivity index (χ0) is 25.2. The summed E-state index contributed by atoms with van der Waals surface area (Å²) in [6.07, 6.45) is 2.92. The fourth-order valence-electron chi connectivity index (χ4n) is 2.71. The fraction of sp³-hybridized carbons (Fsp3) is 0.190. The summed E-state index contributed by atoms with van der Waals surface area (Å²) >= 11 is 0. The van der Waals surface area contributed by atoms with Crippen LogP contribution in [0.5, 0.6) is 0 Å². The van der Waals surface area contributed by atoms with Gasteiger partial charge in [0.25, 0.3) is 0 Å². The summed E-state index contributed by atoms with van der Waals surface area (Å²) in [7, 11) is -8.58. The monoisotopic (exact) mass is 513 g/mol. The number of methoxy groups -OCH3 is 1. The number of amides is 1. The zero-order valence-corrected chi connectivity index (χ0v) is 19.5. The second kappa shape index (κ2) is 12.4. The molecule has 0 aromatic heterocycles. The fourth-order valence-corrected chi connectivity index (χ4v) is 3.44. The molecule has 0 aliphatic rings. The number of rotatable bonds is 11. The van der Waals surface area contributed by atoms with Gasteiger partial charge in [0, 0.05) is 5.69 Å². The van der Waals surface area contributed by atoms with Gasteiger partial charge in [-0.2, -0.15) is 16.8 Å². The summed E-state index contributed by atoms with van der Waals surface area (Å²) in [4.78, 5) is 11.3. The molecule has 0 heterocycles. The molecule has 34 heavy (non-hydrogen) atoms. The first-order valence-corrected chi connectivity index (χ1v) is 12.3. The van der Waals surface area contributed by atoms with Gasteiger partial charge in [-0.3, -0.25) is 14.4 Å². The molecule has 0 radical (unpaired) electrons. The highest BCUT2D eigenvalue weighted by Crippen LogP contribution is 2.19. The van der Waals surface area contributed by atoms with Crippen molar-refractivity contribution >= 4 is 38.2 Å². The van der Waals surface area contributed by atoms with E-state index in [0.717, 1.165) is 5.56 Å². The molecule has 1 amide bonds. The van der Waals surface area contributed by atoms with Gasteiger partial charge in [0.05, 0.1) is 13.7 Å². The standard InChI is InChI=1S/C21H23NO10S2/c1-30-21(23)22-19-12-10-16(11-13-19)6-5-9-18(17-7-3-2-4-8-17)14-20(32-34(27,28)29)15-31-33(24,25)26/h2-5,7-14,20H,6,15H2,1H3,(H,22,23)(H,24,25,26)(H,27,28,29). The molecule has 0 bridgehead atoms. The maximum atomic E-state index is 11.3. The zero-order valence-electron chi connectivity index (χ0n) is 17.9. The minimum absolute atomic E-state index is 0.428. The molecule has 1 unspecified atom stereocenters. The van der Waals surface area contributed by atoms with Gasteiger partial charge in [-0.1, -0.05) is 54.6 Å². The van der Waals surface area contributed by atoms with E-state index in [1.807, 2.05) is 0 Å². The molecule has 0 saturated carbocycles. The van der Waals surface area contributed by atoms with Crippen molar-refractivity contribution in [1.29, 1.82) is 0 Å². The molecule has 3 N–H and O–H groups in total. The average molecular weight is 514 g/mol. The molecular weight excluding hydrogens is 490 g/mol. The van der Waals surface area contributed by atoms with Gasteiger partial charge in [0.2, 0.25) is 0 Å². The Morgan fingerprint density at radius 3 is 2.21 bits per heavy atom. The van der Waals surface area contributed by atoms with Crippen molar-refractivity contribution in [2.75, 3.05) is 19.0 Å². The molecule has 184 valence electrons. The van der Waals surface area contributed by atoms with Gasteiger partial charge in [-0.05, 0) is 41.3 Å². The van der Waals surface area contributed by atoms with Crippen LogP contribution in [-0.4, -0.2) is 51.9 Å². The highest BCUT2D eigenvalue weighted by Gasteiger charge is 2.19. The van der Waals surface area contributed by atoms with Crippen LogP contribution in [0.2, 0.25) is 0 Å². The Kier molecular flexibility index (Phi) is 9.92. The Bertz CT molecular complexity index is 1220. The molecule has 0 spiro atoms. The maximum Gasteiger partial charge on any atom is 0.411 e. The molecular formula is C21H23NO10S2. The van der Waals surface area contributed by atoms with Crippen LogP contribution in [0.15, 0.2) is 72.8 Å². The topological polar surface area (TPSA) is 166 Å². The first-order valence-electron chi connectivity index (χ1n) is 9.60. The van der Waals surface area contributed by atoms with E-state index >= 15 is 0 Å². The number of hydrogen-bond acceptors (Lipinski definition) is 8. The quantitative estimate of drug-likeness (QED) is 0.300. The first-order chi connectivity index (χ1) is 15.9. The summed E-state index contributed by atoms with van der Waals surface area (Å²) in [5.74, 6) is 0. The second-order valence-corrected chi connectivity index (χ2v) is 8.82. The molecule has 2 rings (SSSR count). The summed E-state index contributed by atoms with van der Waals surface area (Å²) in [5.41, 5.74) is 2.50. The number of benzene rings is 2. The Morgan fingerprint density at radius 2 is 1.65 bits per heavy atom. The van der Waals surface area contributed by atoms with E-state index < -0.39 is 39.6 Å². The Hall–Kier alpha value is -3.07. The van der Waals surface area contributed by atoms with Crippen LogP contribution in [-0.2, 0) is 40.3 Å². The van der Waals surface area contributed by atoms with Gasteiger partial charge in [0.15, 0.2) is 0 Å². The van der Waals surface area contributed by atoms with E-state index in [1.165, 1.54) is 13.2 Å². The van der Waals surface area contributed by atoms with Crippen molar-refractivity contribution in [2.24, 2.45) is 0 Å². The molecule has 1 atom stereocenters. The molecule has 0 fully saturated rings. The number of nitrogens with one attached hydrogen (secondary N) is 1. The average Bonchev–Trinajstić information content (AvgIpc) is 2.77. The van der Waals surface area contributed by atoms with E-state index in [9.17, 15) is 21.6 Å². The number of carbonyl (C=O) groups excluding carboxylic acids is 1. The number of ether oxygens (including phenoxy) is 1. The third kappa shape index (κ3) is 10.7. The molecule has 2 aromatic carbocycles. The van der Waals surface area contributed by atoms with Crippen molar-refractivity contribution < 1.29 is 43.8 Å². The third-order valence-electron chi connectivity index (χ3n) is 4.14. The van der Waals surface area contributed by atoms with E-state index in [2.05, 4.69) is 18.4 Å². The highest BCUT2D eigenvalue weighted by molar-refractivity contribution is 7.81. The predicted octanol–water partition coefficient (Wildman–Crippen LogP) is 3.05. The van der Waals surface area contributed by atoms with Crippen LogP contribution in [0.25, 0.3) is 5.57 Å². The lowest BCUT2D eigenvalue weighted by molar-refractivity contribution is 0.146. The molecule has 11 nitrogen and oxygen atoms in total. The third-order valence-corrected chi connectivity index (χ3v) is 5.06. The van der Waals surface area contributed by atoms with Crippen molar-refractivity contribution in [3.63, 3.8) is 0 Å². The number of carbonyl (C=O) groups is 1. The molecule has 0 aliphatic heterocycles. The number of allylic oxidation sites excluding steroid dienone is 3. The molecule has 0 saturated heterocycles. The van der Waals surface area contributed by atoms with Crippen molar-refractivity contribution in [1.82, 2.24) is 0 Å². The van der Waals surface area contributed by atoms with Crippen molar-refractivity contribution in [3.05, 3.63) is 84.0 Å². The van der Waals surface area contributed by atoms with Gasteiger partial charge < -0.3 is 4.74 Å². The van der Waals surface area contributed by atoms with Gasteiger partial charge in [-0.25, -0.2) is 13.2 Å². The highest BCUT2D eigenvalue weighted by atomic mass is 32.3. The SMILES string of the molecule is COC(=O)Nc1ccc(CC=CC(=CC(COS(=O)(=O)O)OS(=O)(=O)O)c2ccccc2)cc1. The summed E-state index contributed by atoms with van der Waals surface area (Å²) < 4.78 is 75.2. The van der Waals surface area contributed by atoms with Gasteiger partial charge in [0.1, 0.15) is 6.10 Å². The smallest absolute Gasteiger partial charge is 0.411 e. The van der Waals surface area contributed by atoms with Crippen LogP contribution in [0.3, 0.4) is 0 Å². The van der Waals surface area contributed by atoms with E-state index in [4.69, 9.17) is 9.11 Å². The van der Waals surface area contributed by atoms with Gasteiger partial charge in [-0.15, -0.1) is 0 Å². The van der Waals surface area contributed by atoms with Crippen molar-refractivity contribution in [2.45, 2.75) is 12.5 Å². The lowest BCUT2D eigenvalue weighted by atomic mass is 10.0. The minimum Gasteiger partial charge on any atom is -0.453 e. The summed E-state index contributed by atoms with van der Waals surface area (Å²) in [6, 6.07) is 15.6. The van der Waals surface area contributed by atoms with Crippen LogP contribution in [0.1, 0.15) is 11.1 Å². The van der Waals surface area contributed by atoms with E-state index in [-0.39, 0.29) is 0 Å². The molecule has 13 heteroatoms. The normalized spacial score (nSPS) is 13.6. The predicted molar refractivity (Wildman–Crippen MR) is 124 cm³/mol. The summed E-state index contributed by atoms with van der Waals surface area (Å²) in [6.45, 7) is -0.905. The van der Waals surface area contributed by atoms with Crippen LogP contribution >= 0.6 is 0 Å². The van der Waals surface area contributed by atoms with Crippen molar-refractivity contribution in [3.8, 4) is 0 Å². The van der Waals surface area contributed by atoms with Crippen LogP contribution in [0.4, 0.5) is 10.5 Å². The van der Waals surface area contributed by atoms with E-state index in [1.54, 1.807) is 66.7 Å². The Labute approximate surface area is 197 Å². The van der Waals surface area contributed by atoms with E-state index in [0.29, 0.717) is 23.2 Å². The Morgan fingerprint density at radius 1 is 1.00 bits per heavy atom. The number of hydrogen-bond donors (Lipinski definition) is 3. The summed E-state index contributed by atoms with van der Waals surface area (Å²) in [5, 5.41) is 2.53. The second-order valence-electron chi connectivity index (χ2n) is 6.68. The number of anilines is 1. The van der Waals surface area contributed by atoms with Gasteiger partial charge >= 0.3 is 26.9 Å². The molecule has 2 aromatic rings. The van der Waals surface area contributed by atoms with Crippen LogP contribution in [0, 0.1) is 0 Å².